The number of aliphatic hydroxyl groups is 1. The number of anilines is 2. The lowest BCUT2D eigenvalue weighted by molar-refractivity contribution is 0.102. The first-order valence-electron chi connectivity index (χ1n) is 7.78. The minimum Gasteiger partial charge on any atom is -0.396 e. The molecule has 1 aliphatic heterocycles. The van der Waals surface area contributed by atoms with E-state index in [1.54, 1.807) is 24.1 Å². The molecule has 2 aromatic heterocycles. The van der Waals surface area contributed by atoms with Crippen molar-refractivity contribution in [2.75, 3.05) is 29.9 Å². The molecule has 23 heavy (non-hydrogen) atoms. The summed E-state index contributed by atoms with van der Waals surface area (Å²) in [5.41, 5.74) is 1.21. The average molecular weight is 315 g/mol. The molecule has 1 saturated heterocycles. The first-order valence-corrected chi connectivity index (χ1v) is 7.78. The van der Waals surface area contributed by atoms with Crippen LogP contribution in [0.4, 0.5) is 11.5 Å². The van der Waals surface area contributed by atoms with Crippen LogP contribution in [0.2, 0.25) is 0 Å². The van der Waals surface area contributed by atoms with Crippen LogP contribution in [0.1, 0.15) is 23.2 Å². The standard InChI is InChI=1S/C16H21N5O2/c1-20-10-13(9-18-20)16(23)19-14-3-2-6-17-15(14)21-7-4-12(11-22)5-8-21/h2-3,6,9-10,12,22H,4-5,7-8,11H2,1H3,(H,19,23). The number of piperidine rings is 1. The lowest BCUT2D eigenvalue weighted by Gasteiger charge is -2.33. The van der Waals surface area contributed by atoms with E-state index in [0.29, 0.717) is 17.2 Å². The molecule has 2 N–H and O–H groups in total. The van der Waals surface area contributed by atoms with Crippen molar-refractivity contribution in [3.8, 4) is 0 Å². The Hall–Kier alpha value is -2.41. The van der Waals surface area contributed by atoms with Crippen molar-refractivity contribution >= 4 is 17.4 Å². The third-order valence-corrected chi connectivity index (χ3v) is 4.17. The number of hydrogen-bond acceptors (Lipinski definition) is 5. The van der Waals surface area contributed by atoms with E-state index in [0.717, 1.165) is 31.7 Å². The second-order valence-corrected chi connectivity index (χ2v) is 5.84. The zero-order valence-electron chi connectivity index (χ0n) is 13.1. The Balaban J connectivity index is 1.74. The van der Waals surface area contributed by atoms with E-state index < -0.39 is 0 Å². The van der Waals surface area contributed by atoms with Crippen LogP contribution < -0.4 is 10.2 Å². The Bertz CT molecular complexity index is 677. The molecule has 0 aromatic carbocycles. The highest BCUT2D eigenvalue weighted by molar-refractivity contribution is 6.05. The smallest absolute Gasteiger partial charge is 0.258 e. The molecule has 0 bridgehead atoms. The molecule has 3 rings (SSSR count). The maximum atomic E-state index is 12.3. The Morgan fingerprint density at radius 2 is 2.22 bits per heavy atom. The number of aliphatic hydroxyl groups excluding tert-OH is 1. The van der Waals surface area contributed by atoms with Gasteiger partial charge in [0.05, 0.1) is 17.4 Å². The Kier molecular flexibility index (Phi) is 4.57. The molecule has 0 atom stereocenters. The topological polar surface area (TPSA) is 83.3 Å². The second kappa shape index (κ2) is 6.78. The first-order chi connectivity index (χ1) is 11.2. The van der Waals surface area contributed by atoms with Gasteiger partial charge in [0.15, 0.2) is 5.82 Å². The van der Waals surface area contributed by atoms with Crippen LogP contribution in [-0.4, -0.2) is 45.5 Å². The number of carbonyl (C=O) groups is 1. The highest BCUT2D eigenvalue weighted by Crippen LogP contribution is 2.27. The number of aromatic nitrogens is 3. The predicted molar refractivity (Wildman–Crippen MR) is 87.4 cm³/mol. The average Bonchev–Trinajstić information content (AvgIpc) is 3.02. The summed E-state index contributed by atoms with van der Waals surface area (Å²) >= 11 is 0. The van der Waals surface area contributed by atoms with Crippen LogP contribution in [-0.2, 0) is 7.05 Å². The van der Waals surface area contributed by atoms with E-state index in [9.17, 15) is 9.90 Å². The van der Waals surface area contributed by atoms with Gasteiger partial charge in [-0.15, -0.1) is 0 Å². The van der Waals surface area contributed by atoms with Gasteiger partial charge in [0.25, 0.3) is 5.91 Å². The summed E-state index contributed by atoms with van der Waals surface area (Å²) in [6, 6.07) is 3.66. The van der Waals surface area contributed by atoms with Gasteiger partial charge < -0.3 is 15.3 Å². The maximum Gasteiger partial charge on any atom is 0.258 e. The van der Waals surface area contributed by atoms with Gasteiger partial charge in [-0.1, -0.05) is 0 Å². The fourth-order valence-electron chi connectivity index (χ4n) is 2.81. The number of aryl methyl sites for hydroxylation is 1. The van der Waals surface area contributed by atoms with Crippen molar-refractivity contribution in [1.29, 1.82) is 0 Å². The summed E-state index contributed by atoms with van der Waals surface area (Å²) in [5.74, 6) is 0.946. The molecule has 122 valence electrons. The highest BCUT2D eigenvalue weighted by atomic mass is 16.3. The van der Waals surface area contributed by atoms with E-state index in [-0.39, 0.29) is 12.5 Å². The molecule has 7 heteroatoms. The largest absolute Gasteiger partial charge is 0.396 e. The van der Waals surface area contributed by atoms with E-state index in [1.165, 1.54) is 6.20 Å². The molecule has 2 aromatic rings. The first kappa shape index (κ1) is 15.5. The van der Waals surface area contributed by atoms with E-state index in [4.69, 9.17) is 0 Å². The van der Waals surface area contributed by atoms with Gasteiger partial charge in [0, 0.05) is 39.1 Å². The Morgan fingerprint density at radius 3 is 2.87 bits per heavy atom. The summed E-state index contributed by atoms with van der Waals surface area (Å²) < 4.78 is 1.60. The third-order valence-electron chi connectivity index (χ3n) is 4.17. The van der Waals surface area contributed by atoms with Crippen LogP contribution >= 0.6 is 0 Å². The van der Waals surface area contributed by atoms with Crippen molar-refractivity contribution in [2.24, 2.45) is 13.0 Å². The summed E-state index contributed by atoms with van der Waals surface area (Å²) in [6.45, 7) is 1.90. The molecule has 3 heterocycles. The van der Waals surface area contributed by atoms with Crippen LogP contribution in [0, 0.1) is 5.92 Å². The molecule has 0 unspecified atom stereocenters. The Morgan fingerprint density at radius 1 is 1.43 bits per heavy atom. The van der Waals surface area contributed by atoms with Gasteiger partial charge in [-0.3, -0.25) is 9.48 Å². The molecule has 0 aliphatic carbocycles. The number of pyridine rings is 1. The van der Waals surface area contributed by atoms with Gasteiger partial charge in [-0.2, -0.15) is 5.10 Å². The minimum absolute atomic E-state index is 0.197. The van der Waals surface area contributed by atoms with Crippen molar-refractivity contribution in [1.82, 2.24) is 14.8 Å². The van der Waals surface area contributed by atoms with Crippen LogP contribution in [0.15, 0.2) is 30.7 Å². The highest BCUT2D eigenvalue weighted by Gasteiger charge is 2.22. The maximum absolute atomic E-state index is 12.3. The van der Waals surface area contributed by atoms with Gasteiger partial charge in [-0.05, 0) is 30.9 Å². The summed E-state index contributed by atoms with van der Waals surface area (Å²) in [5, 5.41) is 16.2. The number of hydrogen-bond donors (Lipinski definition) is 2. The fourth-order valence-corrected chi connectivity index (χ4v) is 2.81. The normalized spacial score (nSPS) is 15.7. The molecule has 0 spiro atoms. The van der Waals surface area contributed by atoms with E-state index >= 15 is 0 Å². The van der Waals surface area contributed by atoms with Crippen molar-refractivity contribution in [3.05, 3.63) is 36.3 Å². The lowest BCUT2D eigenvalue weighted by atomic mass is 9.98. The van der Waals surface area contributed by atoms with Gasteiger partial charge in [0.1, 0.15) is 0 Å². The van der Waals surface area contributed by atoms with Crippen LogP contribution in [0.5, 0.6) is 0 Å². The molecule has 0 radical (unpaired) electrons. The number of rotatable bonds is 4. The molecule has 0 saturated carbocycles. The van der Waals surface area contributed by atoms with Crippen LogP contribution in [0.25, 0.3) is 0 Å². The third kappa shape index (κ3) is 3.50. The monoisotopic (exact) mass is 315 g/mol. The van der Waals surface area contributed by atoms with Crippen molar-refractivity contribution in [2.45, 2.75) is 12.8 Å². The molecule has 1 fully saturated rings. The van der Waals surface area contributed by atoms with Crippen molar-refractivity contribution in [3.63, 3.8) is 0 Å². The summed E-state index contributed by atoms with van der Waals surface area (Å²) in [4.78, 5) is 18.9. The number of carbonyl (C=O) groups excluding carboxylic acids is 1. The quantitative estimate of drug-likeness (QED) is 0.888. The molecule has 7 nitrogen and oxygen atoms in total. The molecular formula is C16H21N5O2. The Labute approximate surface area is 134 Å². The van der Waals surface area contributed by atoms with E-state index in [1.807, 2.05) is 12.1 Å². The van der Waals surface area contributed by atoms with Gasteiger partial charge >= 0.3 is 0 Å². The van der Waals surface area contributed by atoms with Gasteiger partial charge in [-0.25, -0.2) is 4.98 Å². The number of nitrogens with zero attached hydrogens (tertiary/aromatic N) is 4. The van der Waals surface area contributed by atoms with Crippen molar-refractivity contribution < 1.29 is 9.90 Å². The molecule has 1 aliphatic rings. The minimum atomic E-state index is -0.197. The van der Waals surface area contributed by atoms with Gasteiger partial charge in [0.2, 0.25) is 0 Å². The molecular weight excluding hydrogens is 294 g/mol. The molecule has 1 amide bonds. The lowest BCUT2D eigenvalue weighted by Crippen LogP contribution is -2.35. The second-order valence-electron chi connectivity index (χ2n) is 5.84. The summed E-state index contributed by atoms with van der Waals surface area (Å²) in [6.07, 6.45) is 6.82. The SMILES string of the molecule is Cn1cc(C(=O)Nc2cccnc2N2CCC(CO)CC2)cn1. The summed E-state index contributed by atoms with van der Waals surface area (Å²) in [7, 11) is 1.78. The predicted octanol–water partition coefficient (Wildman–Crippen LogP) is 1.28. The number of nitrogens with one attached hydrogen (secondary N) is 1. The fraction of sp³-hybridized carbons (Fsp3) is 0.438. The zero-order chi connectivity index (χ0) is 16.2. The van der Waals surface area contributed by atoms with E-state index in [2.05, 4.69) is 20.3 Å². The number of amides is 1. The zero-order valence-corrected chi connectivity index (χ0v) is 13.1. The van der Waals surface area contributed by atoms with Crippen LogP contribution in [0.3, 0.4) is 0 Å².